The molecule has 0 aliphatic rings. The molecule has 8 amide bonds. The lowest BCUT2D eigenvalue weighted by Crippen LogP contribution is -2.60. The Hall–Kier alpha value is -5.38. The summed E-state index contributed by atoms with van der Waals surface area (Å²) in [4.78, 5) is 126. The van der Waals surface area contributed by atoms with Crippen LogP contribution in [-0.2, 0) is 47.9 Å². The van der Waals surface area contributed by atoms with E-state index in [1.807, 2.05) is 0 Å². The van der Waals surface area contributed by atoms with Crippen molar-refractivity contribution in [2.75, 3.05) is 6.54 Å². The van der Waals surface area contributed by atoms with E-state index < -0.39 is 133 Å². The summed E-state index contributed by atoms with van der Waals surface area (Å²) in [6, 6.07) is -10.1. The van der Waals surface area contributed by atoms with Gasteiger partial charge >= 0.3 is 11.9 Å². The zero-order chi connectivity index (χ0) is 43.3. The number of aliphatic carboxylic acids is 2. The van der Waals surface area contributed by atoms with Gasteiger partial charge in [0.25, 0.3) is 0 Å². The minimum absolute atomic E-state index is 0.0289. The van der Waals surface area contributed by atoms with Gasteiger partial charge in [0.2, 0.25) is 47.3 Å². The molecule has 8 atom stereocenters. The van der Waals surface area contributed by atoms with Crippen molar-refractivity contribution in [2.45, 2.75) is 135 Å². The highest BCUT2D eigenvalue weighted by Crippen LogP contribution is 2.12. The van der Waals surface area contributed by atoms with Gasteiger partial charge in [-0.25, -0.2) is 4.79 Å². The van der Waals surface area contributed by atoms with E-state index in [9.17, 15) is 58.2 Å². The maximum atomic E-state index is 13.5. The van der Waals surface area contributed by atoms with Crippen molar-refractivity contribution >= 4 is 59.2 Å². The molecule has 0 aromatic carbocycles. The van der Waals surface area contributed by atoms with E-state index in [-0.39, 0.29) is 18.8 Å². The van der Waals surface area contributed by atoms with Crippen LogP contribution in [0.3, 0.4) is 0 Å². The summed E-state index contributed by atoms with van der Waals surface area (Å²) >= 11 is 0. The van der Waals surface area contributed by atoms with Crippen molar-refractivity contribution in [1.82, 2.24) is 31.9 Å². The van der Waals surface area contributed by atoms with Crippen LogP contribution in [0.15, 0.2) is 0 Å². The fraction of sp³-hybridized carbons (Fsp3) is 0.706. The third-order valence-corrected chi connectivity index (χ3v) is 8.54. The normalized spacial score (nSPS) is 15.3. The van der Waals surface area contributed by atoms with Crippen LogP contribution in [0.2, 0.25) is 0 Å². The molecule has 0 heterocycles. The Balaban J connectivity index is 6.11. The molecule has 0 spiro atoms. The predicted molar refractivity (Wildman–Crippen MR) is 199 cm³/mol. The molecule has 0 aromatic rings. The van der Waals surface area contributed by atoms with Crippen LogP contribution in [0.1, 0.15) is 92.4 Å². The molecule has 0 unspecified atom stereocenters. The summed E-state index contributed by atoms with van der Waals surface area (Å²) in [5, 5.41) is 32.9. The molecule has 0 fully saturated rings. The van der Waals surface area contributed by atoms with Gasteiger partial charge in [0.05, 0.1) is 18.9 Å². The molecule has 22 heteroatoms. The molecule has 0 aliphatic carbocycles. The molecule has 56 heavy (non-hydrogen) atoms. The maximum absolute atomic E-state index is 13.5. The molecule has 318 valence electrons. The molecule has 0 saturated heterocycles. The van der Waals surface area contributed by atoms with Crippen LogP contribution in [0, 0.1) is 11.8 Å². The van der Waals surface area contributed by atoms with Gasteiger partial charge in [-0.2, -0.15) is 0 Å². The van der Waals surface area contributed by atoms with Crippen LogP contribution in [0.25, 0.3) is 0 Å². The zero-order valence-corrected chi connectivity index (χ0v) is 32.6. The number of hydrogen-bond donors (Lipinski definition) is 12. The Kier molecular flexibility index (Phi) is 23.2. The fourth-order valence-corrected chi connectivity index (χ4v) is 5.13. The van der Waals surface area contributed by atoms with E-state index in [1.165, 1.54) is 6.92 Å². The highest BCUT2D eigenvalue weighted by atomic mass is 16.4. The first kappa shape index (κ1) is 50.6. The number of unbranched alkanes of at least 4 members (excludes halogenated alkanes) is 1. The summed E-state index contributed by atoms with van der Waals surface area (Å²) in [5.41, 5.74) is 21.9. The second-order valence-corrected chi connectivity index (χ2v) is 14.0. The van der Waals surface area contributed by atoms with Crippen molar-refractivity contribution in [2.24, 2.45) is 34.8 Å². The quantitative estimate of drug-likeness (QED) is 0.0338. The van der Waals surface area contributed by atoms with Gasteiger partial charge in [-0.05, 0) is 51.0 Å². The average Bonchev–Trinajstić information content (AvgIpc) is 3.09. The van der Waals surface area contributed by atoms with E-state index in [4.69, 9.17) is 22.9 Å². The van der Waals surface area contributed by atoms with Gasteiger partial charge in [-0.1, -0.05) is 40.5 Å². The monoisotopic (exact) mass is 800 g/mol. The minimum atomic E-state index is -1.72. The Bertz CT molecular complexity index is 1410. The second-order valence-electron chi connectivity index (χ2n) is 14.0. The Morgan fingerprint density at radius 1 is 0.589 bits per heavy atom. The molecule has 0 aliphatic heterocycles. The van der Waals surface area contributed by atoms with Crippen LogP contribution in [0.4, 0.5) is 0 Å². The molecule has 0 bridgehead atoms. The molecule has 0 radical (unpaired) electrons. The van der Waals surface area contributed by atoms with Crippen molar-refractivity contribution < 1.29 is 58.2 Å². The number of carbonyl (C=O) groups excluding carboxylic acids is 8. The van der Waals surface area contributed by atoms with Gasteiger partial charge in [0.1, 0.15) is 36.3 Å². The van der Waals surface area contributed by atoms with Crippen LogP contribution >= 0.6 is 0 Å². The van der Waals surface area contributed by atoms with E-state index in [0.717, 1.165) is 0 Å². The standard InChI is InChI=1S/C34H60N10O12/c1-6-17(4)27(34(55)56)44-33(54)21(13-16(2)3)42-32(53)22(14-25(38)46)43-30(51)20(10-11-24(37)45)40-28(49)18(5)39-31(52)23(15-26(47)48)41-29(50)19(36)9-7-8-12-35/h16-23,27H,6-15,35-36H2,1-5H3,(H2,37,45)(H2,38,46)(H,39,52)(H,40,49)(H,41,50)(H,42,53)(H,43,51)(H,44,54)(H,47,48)(H,55,56)/t17-,18-,19-,20-,21-,22-,23-,27-/m0/s1. The smallest absolute Gasteiger partial charge is 0.326 e. The molecule has 0 aromatic heterocycles. The number of carboxylic acids is 2. The highest BCUT2D eigenvalue weighted by molar-refractivity contribution is 5.98. The minimum Gasteiger partial charge on any atom is -0.481 e. The number of primary amides is 2. The molecule has 22 nitrogen and oxygen atoms in total. The molecule has 0 rings (SSSR count). The maximum Gasteiger partial charge on any atom is 0.326 e. The molecular formula is C34H60N10O12. The SMILES string of the molecule is CC[C@H](C)[C@H](NC(=O)[C@H](CC(C)C)NC(=O)[C@H](CC(N)=O)NC(=O)[C@H](CCC(N)=O)NC(=O)[C@H](C)NC(=O)[C@H](CC(=O)O)NC(=O)[C@@H](N)CCCCN)C(=O)O. The van der Waals surface area contributed by atoms with Crippen molar-refractivity contribution in [3.8, 4) is 0 Å². The third-order valence-electron chi connectivity index (χ3n) is 8.54. The van der Waals surface area contributed by atoms with E-state index in [1.54, 1.807) is 27.7 Å². The molecule has 0 saturated carbocycles. The largest absolute Gasteiger partial charge is 0.481 e. The Morgan fingerprint density at radius 2 is 1.09 bits per heavy atom. The summed E-state index contributed by atoms with van der Waals surface area (Å²) < 4.78 is 0. The van der Waals surface area contributed by atoms with Gasteiger partial charge in [0.15, 0.2) is 0 Å². The zero-order valence-electron chi connectivity index (χ0n) is 32.6. The van der Waals surface area contributed by atoms with Gasteiger partial charge < -0.3 is 65.0 Å². The van der Waals surface area contributed by atoms with E-state index in [0.29, 0.717) is 25.8 Å². The van der Waals surface area contributed by atoms with Gasteiger partial charge in [-0.3, -0.25) is 43.2 Å². The lowest BCUT2D eigenvalue weighted by atomic mass is 9.97. The Morgan fingerprint density at radius 3 is 1.59 bits per heavy atom. The van der Waals surface area contributed by atoms with Crippen LogP contribution < -0.4 is 54.8 Å². The second kappa shape index (κ2) is 25.7. The summed E-state index contributed by atoms with van der Waals surface area (Å²) in [6.45, 7) is 8.36. The number of carboxylic acid groups (broad SMARTS) is 2. The highest BCUT2D eigenvalue weighted by Gasteiger charge is 2.35. The van der Waals surface area contributed by atoms with Crippen LogP contribution in [-0.4, -0.2) is 118 Å². The fourth-order valence-electron chi connectivity index (χ4n) is 5.13. The number of nitrogens with one attached hydrogen (secondary N) is 6. The van der Waals surface area contributed by atoms with Crippen molar-refractivity contribution in [3.63, 3.8) is 0 Å². The van der Waals surface area contributed by atoms with Gasteiger partial charge in [-0.15, -0.1) is 0 Å². The number of carbonyl (C=O) groups is 10. The number of rotatable bonds is 28. The van der Waals surface area contributed by atoms with Crippen molar-refractivity contribution in [3.05, 3.63) is 0 Å². The summed E-state index contributed by atoms with van der Waals surface area (Å²) in [5.74, 6) is -11.2. The lowest BCUT2D eigenvalue weighted by molar-refractivity contribution is -0.144. The molecule has 16 N–H and O–H groups in total. The molecular weight excluding hydrogens is 740 g/mol. The van der Waals surface area contributed by atoms with Crippen LogP contribution in [0.5, 0.6) is 0 Å². The van der Waals surface area contributed by atoms with Gasteiger partial charge in [0, 0.05) is 6.42 Å². The topological polar surface area (TPSA) is 387 Å². The number of hydrogen-bond acceptors (Lipinski definition) is 12. The van der Waals surface area contributed by atoms with Crippen molar-refractivity contribution in [1.29, 1.82) is 0 Å². The summed E-state index contributed by atoms with van der Waals surface area (Å²) in [6.07, 6.45) is -0.805. The average molecular weight is 801 g/mol. The lowest BCUT2D eigenvalue weighted by Gasteiger charge is -2.27. The first-order chi connectivity index (χ1) is 26.0. The Labute approximate surface area is 325 Å². The van der Waals surface area contributed by atoms with E-state index in [2.05, 4.69) is 31.9 Å². The summed E-state index contributed by atoms with van der Waals surface area (Å²) in [7, 11) is 0. The first-order valence-corrected chi connectivity index (χ1v) is 18.3. The predicted octanol–water partition coefficient (Wildman–Crippen LogP) is -3.84. The van der Waals surface area contributed by atoms with E-state index >= 15 is 0 Å². The third kappa shape index (κ3) is 19.8. The first-order valence-electron chi connectivity index (χ1n) is 18.3. The number of amides is 8. The number of nitrogens with two attached hydrogens (primary N) is 4.